The van der Waals surface area contributed by atoms with Crippen molar-refractivity contribution >= 4 is 27.6 Å². The van der Waals surface area contributed by atoms with E-state index in [1.54, 1.807) is 12.5 Å². The van der Waals surface area contributed by atoms with Crippen LogP contribution < -0.4 is 10.6 Å². The lowest BCUT2D eigenvalue weighted by Crippen LogP contribution is -2.30. The highest BCUT2D eigenvalue weighted by molar-refractivity contribution is 9.10. The molecule has 0 aromatic carbocycles. The van der Waals surface area contributed by atoms with E-state index in [4.69, 9.17) is 4.42 Å². The van der Waals surface area contributed by atoms with Gasteiger partial charge in [0.25, 0.3) is 0 Å². The van der Waals surface area contributed by atoms with Crippen molar-refractivity contribution in [3.8, 4) is 0 Å². The van der Waals surface area contributed by atoms with Gasteiger partial charge in [-0.05, 0) is 47.5 Å². The molecule has 5 nitrogen and oxygen atoms in total. The fraction of sp³-hybridized carbons (Fsp3) is 0.286. The first-order chi connectivity index (χ1) is 9.58. The van der Waals surface area contributed by atoms with E-state index < -0.39 is 0 Å². The molecular formula is C14H16BrN3O2. The quantitative estimate of drug-likeness (QED) is 0.898. The van der Waals surface area contributed by atoms with Gasteiger partial charge in [-0.3, -0.25) is 4.98 Å². The van der Waals surface area contributed by atoms with Gasteiger partial charge in [-0.2, -0.15) is 0 Å². The van der Waals surface area contributed by atoms with Crippen molar-refractivity contribution in [1.82, 2.24) is 10.3 Å². The van der Waals surface area contributed by atoms with Crippen LogP contribution in [0.4, 0.5) is 10.5 Å². The van der Waals surface area contributed by atoms with Crippen LogP contribution in [0.5, 0.6) is 0 Å². The lowest BCUT2D eigenvalue weighted by Gasteiger charge is -2.11. The van der Waals surface area contributed by atoms with Crippen LogP contribution >= 0.6 is 15.9 Å². The second-order valence-corrected chi connectivity index (χ2v) is 5.20. The van der Waals surface area contributed by atoms with Crippen LogP contribution in [0.3, 0.4) is 0 Å². The normalized spacial score (nSPS) is 10.3. The molecule has 6 heteroatoms. The number of hydrogen-bond donors (Lipinski definition) is 2. The smallest absolute Gasteiger partial charge is 0.319 e. The molecule has 0 unspecified atom stereocenters. The third-order valence-corrected chi connectivity index (χ3v) is 4.09. The predicted octanol–water partition coefficient (Wildman–Crippen LogP) is 3.42. The Morgan fingerprint density at radius 3 is 2.95 bits per heavy atom. The number of amides is 2. The molecule has 0 fully saturated rings. The number of nitrogens with zero attached hydrogens (tertiary/aromatic N) is 1. The van der Waals surface area contributed by atoms with Gasteiger partial charge in [0.1, 0.15) is 5.76 Å². The summed E-state index contributed by atoms with van der Waals surface area (Å²) in [5.74, 6) is 0.848. The lowest BCUT2D eigenvalue weighted by molar-refractivity contribution is 0.252. The molecule has 2 aromatic rings. The van der Waals surface area contributed by atoms with Crippen LogP contribution in [0.25, 0.3) is 0 Å². The zero-order chi connectivity index (χ0) is 14.5. The molecule has 0 spiro atoms. The third kappa shape index (κ3) is 3.60. The van der Waals surface area contributed by atoms with Crippen LogP contribution in [0, 0.1) is 13.8 Å². The molecule has 2 aromatic heterocycles. The molecule has 2 amide bonds. The van der Waals surface area contributed by atoms with Crippen molar-refractivity contribution in [3.63, 3.8) is 0 Å². The van der Waals surface area contributed by atoms with Crippen LogP contribution in [0.2, 0.25) is 0 Å². The van der Waals surface area contributed by atoms with Crippen molar-refractivity contribution in [2.24, 2.45) is 0 Å². The number of aryl methyl sites for hydroxylation is 1. The maximum absolute atomic E-state index is 11.8. The van der Waals surface area contributed by atoms with E-state index in [1.165, 1.54) is 0 Å². The van der Waals surface area contributed by atoms with E-state index in [0.717, 1.165) is 21.5 Å². The number of nitrogens with one attached hydrogen (secondary N) is 2. The number of rotatable bonds is 4. The van der Waals surface area contributed by atoms with E-state index in [2.05, 4.69) is 31.5 Å². The largest absolute Gasteiger partial charge is 0.469 e. The van der Waals surface area contributed by atoms with Crippen molar-refractivity contribution < 1.29 is 9.21 Å². The average Bonchev–Trinajstić information content (AvgIpc) is 2.93. The number of carbonyl (C=O) groups excluding carboxylic acids is 1. The molecule has 0 aliphatic heterocycles. The van der Waals surface area contributed by atoms with Crippen molar-refractivity contribution in [2.45, 2.75) is 20.3 Å². The van der Waals surface area contributed by atoms with E-state index in [-0.39, 0.29) is 6.03 Å². The molecule has 0 saturated heterocycles. The molecule has 0 radical (unpaired) electrons. The molecule has 20 heavy (non-hydrogen) atoms. The number of furan rings is 1. The first-order valence-electron chi connectivity index (χ1n) is 6.27. The monoisotopic (exact) mass is 337 g/mol. The minimum Gasteiger partial charge on any atom is -0.469 e. The molecule has 0 saturated carbocycles. The highest BCUT2D eigenvalue weighted by Gasteiger charge is 2.09. The van der Waals surface area contributed by atoms with Gasteiger partial charge in [-0.1, -0.05) is 0 Å². The highest BCUT2D eigenvalue weighted by Crippen LogP contribution is 2.25. The molecule has 0 aliphatic rings. The Morgan fingerprint density at radius 2 is 2.25 bits per heavy atom. The van der Waals surface area contributed by atoms with E-state index >= 15 is 0 Å². The maximum Gasteiger partial charge on any atom is 0.319 e. The van der Waals surface area contributed by atoms with E-state index in [9.17, 15) is 4.79 Å². The average molecular weight is 338 g/mol. The topological polar surface area (TPSA) is 67.2 Å². The fourth-order valence-corrected chi connectivity index (χ4v) is 2.07. The van der Waals surface area contributed by atoms with Crippen LogP contribution in [0.15, 0.2) is 33.5 Å². The second kappa shape index (κ2) is 6.56. The van der Waals surface area contributed by atoms with Gasteiger partial charge in [0.2, 0.25) is 0 Å². The Hall–Kier alpha value is -1.82. The Balaban J connectivity index is 1.87. The van der Waals surface area contributed by atoms with E-state index in [1.807, 2.05) is 26.0 Å². The number of halogens is 1. The maximum atomic E-state index is 11.8. The first kappa shape index (κ1) is 14.6. The molecule has 2 rings (SSSR count). The molecule has 106 valence electrons. The number of anilines is 1. The SMILES string of the molecule is Cc1ncc(NC(=O)NCCc2ccco2)c(C)c1Br. The minimum atomic E-state index is -0.253. The van der Waals surface area contributed by atoms with Crippen LogP contribution in [0.1, 0.15) is 17.0 Å². The Kier molecular flexibility index (Phi) is 4.79. The predicted molar refractivity (Wildman–Crippen MR) is 80.8 cm³/mol. The molecule has 0 aliphatic carbocycles. The zero-order valence-electron chi connectivity index (χ0n) is 11.4. The van der Waals surface area contributed by atoms with Gasteiger partial charge >= 0.3 is 6.03 Å². The fourth-order valence-electron chi connectivity index (χ4n) is 1.75. The number of carbonyl (C=O) groups is 1. The summed E-state index contributed by atoms with van der Waals surface area (Å²) in [6.07, 6.45) is 3.94. The molecule has 2 N–H and O–H groups in total. The summed E-state index contributed by atoms with van der Waals surface area (Å²) < 4.78 is 6.10. The van der Waals surface area contributed by atoms with Crippen molar-refractivity contribution in [3.05, 3.63) is 46.1 Å². The summed E-state index contributed by atoms with van der Waals surface area (Å²) in [5.41, 5.74) is 2.54. The van der Waals surface area contributed by atoms with Crippen molar-refractivity contribution in [2.75, 3.05) is 11.9 Å². The first-order valence-corrected chi connectivity index (χ1v) is 7.06. The minimum absolute atomic E-state index is 0.253. The third-order valence-electron chi connectivity index (χ3n) is 2.92. The lowest BCUT2D eigenvalue weighted by atomic mass is 10.2. The van der Waals surface area contributed by atoms with Gasteiger partial charge < -0.3 is 15.1 Å². The number of pyridine rings is 1. The Labute approximate surface area is 125 Å². The summed E-state index contributed by atoms with van der Waals surface area (Å²) >= 11 is 3.45. The van der Waals surface area contributed by atoms with E-state index in [0.29, 0.717) is 18.7 Å². The molecule has 0 atom stereocenters. The van der Waals surface area contributed by atoms with Gasteiger partial charge in [0.05, 0.1) is 23.8 Å². The Morgan fingerprint density at radius 1 is 1.45 bits per heavy atom. The molecular weight excluding hydrogens is 322 g/mol. The highest BCUT2D eigenvalue weighted by atomic mass is 79.9. The Bertz CT molecular complexity index is 597. The number of hydrogen-bond acceptors (Lipinski definition) is 3. The summed E-state index contributed by atoms with van der Waals surface area (Å²) in [6, 6.07) is 3.45. The van der Waals surface area contributed by atoms with Crippen LogP contribution in [-0.4, -0.2) is 17.6 Å². The number of urea groups is 1. The zero-order valence-corrected chi connectivity index (χ0v) is 13.0. The summed E-state index contributed by atoms with van der Waals surface area (Å²) in [4.78, 5) is 16.0. The van der Waals surface area contributed by atoms with Gasteiger partial charge in [-0.15, -0.1) is 0 Å². The van der Waals surface area contributed by atoms with Gasteiger partial charge in [0.15, 0.2) is 0 Å². The van der Waals surface area contributed by atoms with Gasteiger partial charge in [0, 0.05) is 17.4 Å². The van der Waals surface area contributed by atoms with Crippen molar-refractivity contribution in [1.29, 1.82) is 0 Å². The molecule has 2 heterocycles. The summed E-state index contributed by atoms with van der Waals surface area (Å²) in [7, 11) is 0. The number of aromatic nitrogens is 1. The van der Waals surface area contributed by atoms with Crippen LogP contribution in [-0.2, 0) is 6.42 Å². The molecule has 0 bridgehead atoms. The summed E-state index contributed by atoms with van der Waals surface area (Å²) in [5, 5.41) is 5.56. The van der Waals surface area contributed by atoms with Gasteiger partial charge in [-0.25, -0.2) is 4.79 Å². The summed E-state index contributed by atoms with van der Waals surface area (Å²) in [6.45, 7) is 4.35. The standard InChI is InChI=1S/C14H16BrN3O2/c1-9-12(8-17-10(2)13(9)15)18-14(19)16-6-5-11-4-3-7-20-11/h3-4,7-8H,5-6H2,1-2H3,(H2,16,18,19). The second-order valence-electron chi connectivity index (χ2n) is 4.41.